The number of halogens is 3. The summed E-state index contributed by atoms with van der Waals surface area (Å²) in [4.78, 5) is 10.6. The summed E-state index contributed by atoms with van der Waals surface area (Å²) in [5, 5.41) is 2.36. The van der Waals surface area contributed by atoms with Gasteiger partial charge in [-0.2, -0.15) is 13.2 Å². The Bertz CT molecular complexity index is 687. The second kappa shape index (κ2) is 5.79. The number of carbonyl (C=O) groups is 1. The molecule has 0 aromatic heterocycles. The zero-order valence-electron chi connectivity index (χ0n) is 11.7. The van der Waals surface area contributed by atoms with Gasteiger partial charge in [-0.15, -0.1) is 0 Å². The van der Waals surface area contributed by atoms with E-state index < -0.39 is 22.2 Å². The molecule has 0 fully saturated rings. The molecule has 0 radical (unpaired) electrons. The lowest BCUT2D eigenvalue weighted by Gasteiger charge is -2.30. The third-order valence-corrected chi connectivity index (χ3v) is 3.90. The van der Waals surface area contributed by atoms with Crippen LogP contribution in [0.25, 0.3) is 0 Å². The highest BCUT2D eigenvalue weighted by Gasteiger charge is 2.41. The maximum Gasteiger partial charge on any atom is 0.408 e. The fourth-order valence-electron chi connectivity index (χ4n) is 2.42. The minimum atomic E-state index is -4.42. The van der Waals surface area contributed by atoms with Crippen LogP contribution in [-0.4, -0.2) is 33.2 Å². The molecule has 1 aliphatic heterocycles. The molecular formula is C13H15F3N2O3S. The van der Waals surface area contributed by atoms with E-state index in [1.165, 1.54) is 6.07 Å². The maximum absolute atomic E-state index is 12.9. The Labute approximate surface area is 125 Å². The standard InChI is InChI=1S/C13H15F3N2O3S/c1-22(20,21)18-10-7-8(4-5-19)6-9-2-3-11(13(14,15)16)17-12(9)10/h5-7,11,17-18H,2-4H2,1H3. The molecule has 1 heterocycles. The van der Waals surface area contributed by atoms with E-state index in [0.29, 0.717) is 17.4 Å². The zero-order chi connectivity index (χ0) is 16.5. The Morgan fingerprint density at radius 1 is 1.41 bits per heavy atom. The summed E-state index contributed by atoms with van der Waals surface area (Å²) in [6, 6.07) is 1.27. The first-order valence-corrected chi connectivity index (χ1v) is 8.40. The number of fused-ring (bicyclic) bond motifs is 1. The van der Waals surface area contributed by atoms with Crippen molar-refractivity contribution < 1.29 is 26.4 Å². The largest absolute Gasteiger partial charge is 0.408 e. The number of anilines is 2. The number of nitrogens with one attached hydrogen (secondary N) is 2. The summed E-state index contributed by atoms with van der Waals surface area (Å²) in [5.74, 6) is 0. The van der Waals surface area contributed by atoms with Gasteiger partial charge in [0.2, 0.25) is 10.0 Å². The second-order valence-corrected chi connectivity index (χ2v) is 6.95. The number of alkyl halides is 3. The third kappa shape index (κ3) is 3.90. The molecule has 1 aromatic rings. The van der Waals surface area contributed by atoms with E-state index in [2.05, 4.69) is 10.0 Å². The van der Waals surface area contributed by atoms with Crippen molar-refractivity contribution in [3.63, 3.8) is 0 Å². The molecule has 0 spiro atoms. The van der Waals surface area contributed by atoms with Crippen LogP contribution >= 0.6 is 0 Å². The Kier molecular flexibility index (Phi) is 4.37. The smallest absolute Gasteiger partial charge is 0.372 e. The van der Waals surface area contributed by atoms with Crippen molar-refractivity contribution in [3.8, 4) is 0 Å². The van der Waals surface area contributed by atoms with Crippen molar-refractivity contribution in [3.05, 3.63) is 23.3 Å². The van der Waals surface area contributed by atoms with Crippen molar-refractivity contribution in [2.45, 2.75) is 31.5 Å². The Morgan fingerprint density at radius 3 is 2.64 bits per heavy atom. The van der Waals surface area contributed by atoms with Gasteiger partial charge in [-0.1, -0.05) is 6.07 Å². The molecule has 9 heteroatoms. The van der Waals surface area contributed by atoms with Crippen LogP contribution in [0.1, 0.15) is 17.5 Å². The number of carbonyl (C=O) groups excluding carboxylic acids is 1. The molecule has 2 N–H and O–H groups in total. The molecule has 0 saturated heterocycles. The molecule has 1 aromatic carbocycles. The number of aldehydes is 1. The lowest BCUT2D eigenvalue weighted by atomic mass is 9.94. The fourth-order valence-corrected chi connectivity index (χ4v) is 2.98. The van der Waals surface area contributed by atoms with Gasteiger partial charge in [-0.25, -0.2) is 8.42 Å². The van der Waals surface area contributed by atoms with Crippen LogP contribution in [0, 0.1) is 0 Å². The summed E-state index contributed by atoms with van der Waals surface area (Å²) in [6.45, 7) is 0. The highest BCUT2D eigenvalue weighted by molar-refractivity contribution is 7.92. The van der Waals surface area contributed by atoms with E-state index in [1.807, 2.05) is 0 Å². The van der Waals surface area contributed by atoms with Gasteiger partial charge >= 0.3 is 6.18 Å². The number of rotatable bonds is 4. The van der Waals surface area contributed by atoms with E-state index >= 15 is 0 Å². The highest BCUT2D eigenvalue weighted by atomic mass is 32.2. The topological polar surface area (TPSA) is 75.3 Å². The molecule has 1 atom stereocenters. The summed E-state index contributed by atoms with van der Waals surface area (Å²) in [5.41, 5.74) is 1.26. The average molecular weight is 336 g/mol. The van der Waals surface area contributed by atoms with Crippen LogP contribution in [0.4, 0.5) is 24.5 Å². The number of hydrogen-bond acceptors (Lipinski definition) is 4. The van der Waals surface area contributed by atoms with Gasteiger partial charge in [-0.3, -0.25) is 4.72 Å². The molecule has 122 valence electrons. The molecular weight excluding hydrogens is 321 g/mol. The highest BCUT2D eigenvalue weighted by Crippen LogP contribution is 2.38. The molecule has 5 nitrogen and oxygen atoms in total. The Balaban J connectivity index is 2.46. The Morgan fingerprint density at radius 2 is 2.09 bits per heavy atom. The Hall–Kier alpha value is -1.77. The lowest BCUT2D eigenvalue weighted by molar-refractivity contribution is -0.144. The minimum Gasteiger partial charge on any atom is -0.372 e. The van der Waals surface area contributed by atoms with Crippen molar-refractivity contribution in [2.24, 2.45) is 0 Å². The van der Waals surface area contributed by atoms with Gasteiger partial charge in [0.1, 0.15) is 12.3 Å². The van der Waals surface area contributed by atoms with E-state index in [4.69, 9.17) is 0 Å². The van der Waals surface area contributed by atoms with Gasteiger partial charge in [0, 0.05) is 6.42 Å². The fraction of sp³-hybridized carbons (Fsp3) is 0.462. The monoisotopic (exact) mass is 336 g/mol. The van der Waals surface area contributed by atoms with Crippen LogP contribution in [0.3, 0.4) is 0 Å². The van der Waals surface area contributed by atoms with E-state index in [9.17, 15) is 26.4 Å². The molecule has 0 aliphatic carbocycles. The van der Waals surface area contributed by atoms with Gasteiger partial charge in [-0.05, 0) is 30.0 Å². The summed E-state index contributed by atoms with van der Waals surface area (Å²) in [7, 11) is -3.65. The third-order valence-electron chi connectivity index (χ3n) is 3.31. The first-order valence-electron chi connectivity index (χ1n) is 6.50. The number of aryl methyl sites for hydroxylation is 1. The molecule has 2 rings (SSSR count). The summed E-state index contributed by atoms with van der Waals surface area (Å²) >= 11 is 0. The predicted octanol–water partition coefficient (Wildman–Crippen LogP) is 2.09. The van der Waals surface area contributed by atoms with Crippen LogP contribution < -0.4 is 10.0 Å². The van der Waals surface area contributed by atoms with Gasteiger partial charge < -0.3 is 10.1 Å². The van der Waals surface area contributed by atoms with E-state index in [1.54, 1.807) is 6.07 Å². The SMILES string of the molecule is CS(=O)(=O)Nc1cc(CC=O)cc2c1NC(C(F)(F)F)CC2. The number of benzene rings is 1. The van der Waals surface area contributed by atoms with E-state index in [0.717, 1.165) is 6.26 Å². The van der Waals surface area contributed by atoms with Crippen molar-refractivity contribution >= 4 is 27.7 Å². The average Bonchev–Trinajstić information content (AvgIpc) is 2.35. The number of hydrogen-bond donors (Lipinski definition) is 2. The van der Waals surface area contributed by atoms with Crippen molar-refractivity contribution in [1.82, 2.24) is 0 Å². The first-order chi connectivity index (χ1) is 10.1. The lowest BCUT2D eigenvalue weighted by Crippen LogP contribution is -2.39. The zero-order valence-corrected chi connectivity index (χ0v) is 12.5. The second-order valence-electron chi connectivity index (χ2n) is 5.20. The van der Waals surface area contributed by atoms with Crippen LogP contribution in [0.5, 0.6) is 0 Å². The van der Waals surface area contributed by atoms with Crippen LogP contribution in [0.15, 0.2) is 12.1 Å². The number of sulfonamides is 1. The van der Waals surface area contributed by atoms with Gasteiger partial charge in [0.05, 0.1) is 17.6 Å². The molecule has 0 amide bonds. The van der Waals surface area contributed by atoms with Gasteiger partial charge in [0.15, 0.2) is 0 Å². The minimum absolute atomic E-state index is 0.0331. The molecule has 1 unspecified atom stereocenters. The maximum atomic E-state index is 12.9. The first kappa shape index (κ1) is 16.6. The van der Waals surface area contributed by atoms with Crippen molar-refractivity contribution in [2.75, 3.05) is 16.3 Å². The normalized spacial score (nSPS) is 18.3. The summed E-state index contributed by atoms with van der Waals surface area (Å²) < 4.78 is 63.6. The molecule has 0 saturated carbocycles. The molecule has 1 aliphatic rings. The quantitative estimate of drug-likeness (QED) is 0.826. The molecule has 0 bridgehead atoms. The summed E-state index contributed by atoms with van der Waals surface area (Å²) in [6.07, 6.45) is -2.77. The van der Waals surface area contributed by atoms with Crippen LogP contribution in [-0.2, 0) is 27.7 Å². The van der Waals surface area contributed by atoms with Crippen molar-refractivity contribution in [1.29, 1.82) is 0 Å². The molecule has 22 heavy (non-hydrogen) atoms. The van der Waals surface area contributed by atoms with Gasteiger partial charge in [0.25, 0.3) is 0 Å². The van der Waals surface area contributed by atoms with E-state index in [-0.39, 0.29) is 30.6 Å². The predicted molar refractivity (Wildman–Crippen MR) is 76.5 cm³/mol. The van der Waals surface area contributed by atoms with Crippen LogP contribution in [0.2, 0.25) is 0 Å².